The van der Waals surface area contributed by atoms with Gasteiger partial charge in [-0.3, -0.25) is 0 Å². The van der Waals surface area contributed by atoms with Gasteiger partial charge in [-0.1, -0.05) is 38.3 Å². The monoisotopic (exact) mass is 371 g/mol. The first-order valence-corrected chi connectivity index (χ1v) is 8.40. The number of halogens is 2. The summed E-state index contributed by atoms with van der Waals surface area (Å²) in [6, 6.07) is 7.00. The van der Waals surface area contributed by atoms with Crippen molar-refractivity contribution in [3.63, 3.8) is 0 Å². The van der Waals surface area contributed by atoms with Crippen LogP contribution in [0.3, 0.4) is 0 Å². The van der Waals surface area contributed by atoms with E-state index in [-0.39, 0.29) is 0 Å². The molecule has 0 amide bonds. The van der Waals surface area contributed by atoms with Crippen LogP contribution in [0.1, 0.15) is 37.3 Å². The van der Waals surface area contributed by atoms with Crippen LogP contribution < -0.4 is 5.32 Å². The van der Waals surface area contributed by atoms with Crippen LogP contribution >= 0.6 is 31.9 Å². The highest BCUT2D eigenvalue weighted by molar-refractivity contribution is 9.11. The van der Waals surface area contributed by atoms with Crippen LogP contribution in [-0.4, -0.2) is 7.05 Å². The number of benzene rings is 1. The summed E-state index contributed by atoms with van der Waals surface area (Å²) in [6.45, 7) is 0. The molecule has 2 saturated carbocycles. The minimum absolute atomic E-state index is 0.493. The van der Waals surface area contributed by atoms with Crippen LogP contribution in [-0.2, 0) is 0 Å². The fourth-order valence-electron chi connectivity index (χ4n) is 4.06. The largest absolute Gasteiger partial charge is 0.313 e. The van der Waals surface area contributed by atoms with E-state index >= 15 is 0 Å². The molecule has 1 N–H and O–H groups in total. The minimum Gasteiger partial charge on any atom is -0.313 e. The van der Waals surface area contributed by atoms with Gasteiger partial charge >= 0.3 is 0 Å². The van der Waals surface area contributed by atoms with E-state index in [2.05, 4.69) is 62.4 Å². The highest BCUT2D eigenvalue weighted by atomic mass is 79.9. The molecule has 4 atom stereocenters. The zero-order chi connectivity index (χ0) is 12.7. The average Bonchev–Trinajstić information content (AvgIpc) is 2.97. The number of fused-ring (bicyclic) bond motifs is 2. The molecule has 3 rings (SSSR count). The third kappa shape index (κ3) is 2.30. The standard InChI is InChI=1S/C15H19Br2N/c1-18-15(12-7-9-2-3-10(12)6-9)13-8-11(16)4-5-14(13)17/h4-5,8-10,12,15,18H,2-3,6-7H2,1H3. The molecule has 2 aliphatic carbocycles. The van der Waals surface area contributed by atoms with E-state index < -0.39 is 0 Å². The molecule has 98 valence electrons. The van der Waals surface area contributed by atoms with Crippen LogP contribution in [0.5, 0.6) is 0 Å². The summed E-state index contributed by atoms with van der Waals surface area (Å²) in [4.78, 5) is 0. The number of nitrogens with one attached hydrogen (secondary N) is 1. The Hall–Kier alpha value is 0.140. The molecular formula is C15H19Br2N. The number of hydrogen-bond donors (Lipinski definition) is 1. The summed E-state index contributed by atoms with van der Waals surface area (Å²) in [5.74, 6) is 2.76. The van der Waals surface area contributed by atoms with E-state index in [1.807, 2.05) is 0 Å². The van der Waals surface area contributed by atoms with Gasteiger partial charge < -0.3 is 5.32 Å². The maximum atomic E-state index is 3.71. The first kappa shape index (κ1) is 13.1. The predicted octanol–water partition coefficient (Wildman–Crippen LogP) is 4.91. The Balaban J connectivity index is 1.90. The molecule has 0 aliphatic heterocycles. The van der Waals surface area contributed by atoms with E-state index in [9.17, 15) is 0 Å². The summed E-state index contributed by atoms with van der Waals surface area (Å²) in [7, 11) is 2.10. The summed E-state index contributed by atoms with van der Waals surface area (Å²) >= 11 is 7.31. The fourth-order valence-corrected chi connectivity index (χ4v) is 4.93. The van der Waals surface area contributed by atoms with Crippen molar-refractivity contribution in [2.45, 2.75) is 31.7 Å². The van der Waals surface area contributed by atoms with E-state index in [0.29, 0.717) is 6.04 Å². The molecule has 2 bridgehead atoms. The van der Waals surface area contributed by atoms with E-state index in [4.69, 9.17) is 0 Å². The Labute approximate surface area is 126 Å². The van der Waals surface area contributed by atoms with Crippen LogP contribution in [0.15, 0.2) is 27.1 Å². The molecule has 0 saturated heterocycles. The third-order valence-corrected chi connectivity index (χ3v) is 6.04. The molecule has 0 spiro atoms. The van der Waals surface area contributed by atoms with Crippen LogP contribution in [0.4, 0.5) is 0 Å². The topological polar surface area (TPSA) is 12.0 Å². The zero-order valence-corrected chi connectivity index (χ0v) is 13.8. The second-order valence-corrected chi connectivity index (χ2v) is 7.54. The van der Waals surface area contributed by atoms with Crippen molar-refractivity contribution in [3.05, 3.63) is 32.7 Å². The van der Waals surface area contributed by atoms with Gasteiger partial charge in [0.2, 0.25) is 0 Å². The van der Waals surface area contributed by atoms with Crippen LogP contribution in [0.2, 0.25) is 0 Å². The van der Waals surface area contributed by atoms with Gasteiger partial charge in [0.25, 0.3) is 0 Å². The van der Waals surface area contributed by atoms with E-state index in [1.54, 1.807) is 0 Å². The average molecular weight is 373 g/mol. The van der Waals surface area contributed by atoms with Gasteiger partial charge in [0.05, 0.1) is 0 Å². The van der Waals surface area contributed by atoms with Crippen molar-refractivity contribution in [1.29, 1.82) is 0 Å². The Morgan fingerprint density at radius 3 is 2.67 bits per heavy atom. The lowest BCUT2D eigenvalue weighted by molar-refractivity contribution is 0.259. The summed E-state index contributed by atoms with van der Waals surface area (Å²) in [6.07, 6.45) is 5.79. The van der Waals surface area contributed by atoms with Crippen molar-refractivity contribution in [2.24, 2.45) is 17.8 Å². The molecular weight excluding hydrogens is 354 g/mol. The van der Waals surface area contributed by atoms with Gasteiger partial charge in [-0.15, -0.1) is 0 Å². The molecule has 2 aliphatic rings. The van der Waals surface area contributed by atoms with Crippen LogP contribution in [0, 0.1) is 17.8 Å². The van der Waals surface area contributed by atoms with Gasteiger partial charge in [-0.25, -0.2) is 0 Å². The lowest BCUT2D eigenvalue weighted by Gasteiger charge is -2.31. The molecule has 18 heavy (non-hydrogen) atoms. The summed E-state index contributed by atoms with van der Waals surface area (Å²) in [5, 5.41) is 3.56. The fraction of sp³-hybridized carbons (Fsp3) is 0.600. The molecule has 4 unspecified atom stereocenters. The van der Waals surface area contributed by atoms with Crippen molar-refractivity contribution in [1.82, 2.24) is 5.32 Å². The Morgan fingerprint density at radius 2 is 2.06 bits per heavy atom. The highest BCUT2D eigenvalue weighted by Gasteiger charge is 2.43. The molecule has 2 fully saturated rings. The van der Waals surface area contributed by atoms with Gasteiger partial charge in [-0.05, 0) is 67.8 Å². The molecule has 0 radical (unpaired) electrons. The maximum Gasteiger partial charge on any atom is 0.0360 e. The number of hydrogen-bond acceptors (Lipinski definition) is 1. The van der Waals surface area contributed by atoms with Crippen molar-refractivity contribution < 1.29 is 0 Å². The van der Waals surface area contributed by atoms with Gasteiger partial charge in [0.15, 0.2) is 0 Å². The Kier molecular flexibility index (Phi) is 3.84. The Bertz CT molecular complexity index is 446. The lowest BCUT2D eigenvalue weighted by Crippen LogP contribution is -2.29. The zero-order valence-electron chi connectivity index (χ0n) is 10.6. The summed E-state index contributed by atoms with van der Waals surface area (Å²) in [5.41, 5.74) is 1.41. The number of rotatable bonds is 3. The molecule has 1 nitrogen and oxygen atoms in total. The Morgan fingerprint density at radius 1 is 1.22 bits per heavy atom. The van der Waals surface area contributed by atoms with Gasteiger partial charge in [0.1, 0.15) is 0 Å². The molecule has 0 aromatic heterocycles. The molecule has 1 aromatic rings. The van der Waals surface area contributed by atoms with Crippen molar-refractivity contribution >= 4 is 31.9 Å². The second kappa shape index (κ2) is 5.26. The van der Waals surface area contributed by atoms with E-state index in [1.165, 1.54) is 40.2 Å². The van der Waals surface area contributed by atoms with Gasteiger partial charge in [0, 0.05) is 15.0 Å². The predicted molar refractivity (Wildman–Crippen MR) is 82.6 cm³/mol. The quantitative estimate of drug-likeness (QED) is 0.794. The normalized spacial score (nSPS) is 31.8. The first-order valence-electron chi connectivity index (χ1n) is 6.81. The maximum absolute atomic E-state index is 3.71. The van der Waals surface area contributed by atoms with E-state index in [0.717, 1.165) is 17.8 Å². The van der Waals surface area contributed by atoms with Crippen molar-refractivity contribution in [3.8, 4) is 0 Å². The van der Waals surface area contributed by atoms with Gasteiger partial charge in [-0.2, -0.15) is 0 Å². The smallest absolute Gasteiger partial charge is 0.0360 e. The minimum atomic E-state index is 0.493. The van der Waals surface area contributed by atoms with Crippen molar-refractivity contribution in [2.75, 3.05) is 7.05 Å². The summed E-state index contributed by atoms with van der Waals surface area (Å²) < 4.78 is 2.40. The van der Waals surface area contributed by atoms with Crippen LogP contribution in [0.25, 0.3) is 0 Å². The first-order chi connectivity index (χ1) is 8.69. The SMILES string of the molecule is CNC(c1cc(Br)ccc1Br)C1CC2CCC1C2. The second-order valence-electron chi connectivity index (χ2n) is 5.77. The molecule has 1 aromatic carbocycles. The lowest BCUT2D eigenvalue weighted by atomic mass is 9.80. The third-order valence-electron chi connectivity index (χ3n) is 4.83. The molecule has 0 heterocycles. The highest BCUT2D eigenvalue weighted by Crippen LogP contribution is 2.53. The molecule has 3 heteroatoms.